The number of carbonyl (C=O) groups excluding carboxylic acids is 1. The van der Waals surface area contributed by atoms with Crippen LogP contribution in [0.15, 0.2) is 73.5 Å². The fourth-order valence-corrected chi connectivity index (χ4v) is 4.28. The Morgan fingerprint density at radius 2 is 1.79 bits per heavy atom. The van der Waals surface area contributed by atoms with E-state index < -0.39 is 23.5 Å². The van der Waals surface area contributed by atoms with E-state index in [1.54, 1.807) is 47.4 Å². The number of alkyl halides is 2. The molecule has 194 valence electrons. The number of carbonyl (C=O) groups is 1. The van der Waals surface area contributed by atoms with Crippen molar-refractivity contribution < 1.29 is 22.4 Å². The Bertz CT molecular complexity index is 1530. The van der Waals surface area contributed by atoms with Gasteiger partial charge in [0.15, 0.2) is 5.83 Å². The molecule has 0 bridgehead atoms. The van der Waals surface area contributed by atoms with Gasteiger partial charge in [0.1, 0.15) is 18.0 Å². The molecule has 38 heavy (non-hydrogen) atoms. The molecule has 1 amide bonds. The quantitative estimate of drug-likeness (QED) is 0.231. The normalized spacial score (nSPS) is 14.8. The lowest BCUT2D eigenvalue weighted by molar-refractivity contribution is -0.114. The van der Waals surface area contributed by atoms with Crippen LogP contribution >= 0.6 is 0 Å². The number of piperidine rings is 1. The van der Waals surface area contributed by atoms with E-state index in [0.717, 1.165) is 0 Å². The first kappa shape index (κ1) is 25.1. The van der Waals surface area contributed by atoms with Gasteiger partial charge in [-0.05, 0) is 36.4 Å². The molecule has 3 heterocycles. The number of nitrogens with one attached hydrogen (secondary N) is 2. The average molecular weight is 523 g/mol. The zero-order valence-electron chi connectivity index (χ0n) is 20.0. The molecule has 5 rings (SSSR count). The first-order valence-electron chi connectivity index (χ1n) is 11.8. The zero-order chi connectivity index (χ0) is 26.9. The molecule has 0 unspecified atom stereocenters. The molecule has 7 nitrogen and oxygen atoms in total. The summed E-state index contributed by atoms with van der Waals surface area (Å²) in [4.78, 5) is 26.7. The summed E-state index contributed by atoms with van der Waals surface area (Å²) in [7, 11) is 0. The van der Waals surface area contributed by atoms with E-state index in [4.69, 9.17) is 0 Å². The summed E-state index contributed by atoms with van der Waals surface area (Å²) in [5.74, 6) is -5.08. The number of amides is 1. The molecule has 1 aliphatic heterocycles. The number of anilines is 4. The van der Waals surface area contributed by atoms with Crippen LogP contribution in [-0.4, -0.2) is 39.9 Å². The molecule has 2 aromatic carbocycles. The van der Waals surface area contributed by atoms with Gasteiger partial charge in [-0.15, -0.1) is 0 Å². The standard InChI is InChI=1S/C27H22F4N6O/c1-16(28)26(38)36-23-13-19-22(14-24(23)37-10-7-27(30,31)8-11-37)33-15-34-25(19)35-17-6-9-32-21(12-17)18-4-2-3-5-20(18)29/h2-6,9,12-15H,1,7-8,10-11H2,(H,36,38)(H,32,33,34,35). The lowest BCUT2D eigenvalue weighted by atomic mass is 10.0. The summed E-state index contributed by atoms with van der Waals surface area (Å²) in [5, 5.41) is 6.10. The lowest BCUT2D eigenvalue weighted by Gasteiger charge is -2.34. The number of rotatable bonds is 6. The summed E-state index contributed by atoms with van der Waals surface area (Å²) in [6, 6.07) is 12.8. The van der Waals surface area contributed by atoms with Gasteiger partial charge >= 0.3 is 0 Å². The summed E-state index contributed by atoms with van der Waals surface area (Å²) in [5.41, 5.74) is 2.39. The molecule has 1 fully saturated rings. The zero-order valence-corrected chi connectivity index (χ0v) is 20.0. The van der Waals surface area contributed by atoms with Crippen molar-refractivity contribution in [3.8, 4) is 11.3 Å². The number of benzene rings is 2. The largest absolute Gasteiger partial charge is 0.369 e. The predicted octanol–water partition coefficient (Wildman–Crippen LogP) is 6.23. The van der Waals surface area contributed by atoms with E-state index in [-0.39, 0.29) is 31.6 Å². The molecule has 0 aliphatic carbocycles. The van der Waals surface area contributed by atoms with E-state index in [9.17, 15) is 22.4 Å². The van der Waals surface area contributed by atoms with Crippen molar-refractivity contribution in [1.82, 2.24) is 15.0 Å². The number of fused-ring (bicyclic) bond motifs is 1. The van der Waals surface area contributed by atoms with Crippen molar-refractivity contribution in [2.45, 2.75) is 18.8 Å². The first-order chi connectivity index (χ1) is 18.2. The Kier molecular flexibility index (Phi) is 6.66. The fraction of sp³-hybridized carbons (Fsp3) is 0.185. The summed E-state index contributed by atoms with van der Waals surface area (Å²) in [6.45, 7) is 3.12. The topological polar surface area (TPSA) is 83.0 Å². The third-order valence-corrected chi connectivity index (χ3v) is 6.26. The van der Waals surface area contributed by atoms with Crippen LogP contribution in [0.2, 0.25) is 0 Å². The van der Waals surface area contributed by atoms with E-state index >= 15 is 0 Å². The molecule has 0 spiro atoms. The van der Waals surface area contributed by atoms with E-state index in [0.29, 0.717) is 39.4 Å². The number of pyridine rings is 1. The highest BCUT2D eigenvalue weighted by molar-refractivity contribution is 6.07. The Morgan fingerprint density at radius 1 is 1.03 bits per heavy atom. The van der Waals surface area contributed by atoms with Gasteiger partial charge in [-0.2, -0.15) is 0 Å². The minimum atomic E-state index is -2.77. The average Bonchev–Trinajstić information content (AvgIpc) is 2.89. The smallest absolute Gasteiger partial charge is 0.283 e. The second kappa shape index (κ2) is 10.1. The van der Waals surface area contributed by atoms with Gasteiger partial charge in [0.05, 0.1) is 22.6 Å². The molecule has 0 saturated carbocycles. The van der Waals surface area contributed by atoms with E-state index in [1.165, 1.54) is 18.6 Å². The molecule has 4 aromatic rings. The highest BCUT2D eigenvalue weighted by atomic mass is 19.3. The third-order valence-electron chi connectivity index (χ3n) is 6.26. The molecule has 2 N–H and O–H groups in total. The summed E-state index contributed by atoms with van der Waals surface area (Å²) >= 11 is 0. The maximum atomic E-state index is 14.3. The molecule has 0 atom stereocenters. The molecule has 11 heteroatoms. The summed E-state index contributed by atoms with van der Waals surface area (Å²) in [6.07, 6.45) is 2.16. The van der Waals surface area contributed by atoms with Gasteiger partial charge in [-0.25, -0.2) is 27.5 Å². The summed E-state index contributed by atoms with van der Waals surface area (Å²) < 4.78 is 55.4. The highest BCUT2D eigenvalue weighted by Crippen LogP contribution is 2.38. The van der Waals surface area contributed by atoms with Crippen LogP contribution in [0.3, 0.4) is 0 Å². The van der Waals surface area contributed by atoms with Crippen molar-refractivity contribution in [2.75, 3.05) is 28.6 Å². The molecular formula is C27H22F4N6O. The molecular weight excluding hydrogens is 500 g/mol. The maximum absolute atomic E-state index is 14.3. The van der Waals surface area contributed by atoms with Crippen LogP contribution in [-0.2, 0) is 4.79 Å². The maximum Gasteiger partial charge on any atom is 0.283 e. The van der Waals surface area contributed by atoms with Gasteiger partial charge < -0.3 is 15.5 Å². The fourth-order valence-electron chi connectivity index (χ4n) is 4.28. The van der Waals surface area contributed by atoms with Gasteiger partial charge in [-0.1, -0.05) is 18.7 Å². The van der Waals surface area contributed by atoms with Crippen LogP contribution < -0.4 is 15.5 Å². The van der Waals surface area contributed by atoms with Crippen molar-refractivity contribution in [1.29, 1.82) is 0 Å². The van der Waals surface area contributed by atoms with Crippen molar-refractivity contribution in [2.24, 2.45) is 0 Å². The molecule has 0 radical (unpaired) electrons. The number of hydrogen-bond donors (Lipinski definition) is 2. The number of halogens is 4. The molecule has 1 aliphatic rings. The van der Waals surface area contributed by atoms with Crippen molar-refractivity contribution in [3.63, 3.8) is 0 Å². The van der Waals surface area contributed by atoms with Gasteiger partial charge in [0.2, 0.25) is 0 Å². The Hall–Kier alpha value is -4.54. The molecule has 2 aromatic heterocycles. The van der Waals surface area contributed by atoms with Crippen molar-refractivity contribution >= 4 is 39.7 Å². The number of hydrogen-bond acceptors (Lipinski definition) is 6. The van der Waals surface area contributed by atoms with Crippen LogP contribution in [0.1, 0.15) is 12.8 Å². The number of nitrogens with zero attached hydrogens (tertiary/aromatic N) is 4. The minimum Gasteiger partial charge on any atom is -0.369 e. The SMILES string of the molecule is C=C(F)C(=O)Nc1cc2c(Nc3ccnc(-c4ccccc4F)c3)ncnc2cc1N1CCC(F)(F)CC1. The van der Waals surface area contributed by atoms with Gasteiger partial charge in [0.25, 0.3) is 11.8 Å². The second-order valence-electron chi connectivity index (χ2n) is 8.85. The first-order valence-corrected chi connectivity index (χ1v) is 11.8. The van der Waals surface area contributed by atoms with Crippen LogP contribution in [0, 0.1) is 5.82 Å². The minimum absolute atomic E-state index is 0.0456. The van der Waals surface area contributed by atoms with Crippen LogP contribution in [0.25, 0.3) is 22.2 Å². The van der Waals surface area contributed by atoms with Gasteiger partial charge in [-0.3, -0.25) is 9.78 Å². The van der Waals surface area contributed by atoms with E-state index in [2.05, 4.69) is 32.2 Å². The Labute approximate surface area is 215 Å². The molecule has 1 saturated heterocycles. The predicted molar refractivity (Wildman–Crippen MR) is 138 cm³/mol. The number of aromatic nitrogens is 3. The van der Waals surface area contributed by atoms with Crippen LogP contribution in [0.4, 0.5) is 40.4 Å². The van der Waals surface area contributed by atoms with Crippen molar-refractivity contribution in [3.05, 3.63) is 79.3 Å². The Morgan fingerprint density at radius 3 is 2.53 bits per heavy atom. The Balaban J connectivity index is 1.53. The highest BCUT2D eigenvalue weighted by Gasteiger charge is 2.35. The van der Waals surface area contributed by atoms with Gasteiger partial charge in [0, 0.05) is 48.8 Å². The second-order valence-corrected chi connectivity index (χ2v) is 8.85. The third kappa shape index (κ3) is 5.26. The van der Waals surface area contributed by atoms with Crippen LogP contribution in [0.5, 0.6) is 0 Å². The lowest BCUT2D eigenvalue weighted by Crippen LogP contribution is -2.39. The monoisotopic (exact) mass is 522 g/mol. The van der Waals surface area contributed by atoms with E-state index in [1.807, 2.05) is 0 Å².